The second-order valence-electron chi connectivity index (χ2n) is 4.93. The molecule has 6 nitrogen and oxygen atoms in total. The quantitative estimate of drug-likeness (QED) is 0.718. The standard InChI is InChI=1S/C12H20N2O4/c1-14(2)10(16)6-3-5-9(15)13-12(11(17)18)7-4-8-12/h3-8H2,1-2H3,(H,13,15)(H,17,18). The van der Waals surface area contributed by atoms with Crippen molar-refractivity contribution in [3.05, 3.63) is 0 Å². The summed E-state index contributed by atoms with van der Waals surface area (Å²) in [6.45, 7) is 0. The van der Waals surface area contributed by atoms with Gasteiger partial charge in [-0.1, -0.05) is 0 Å². The first-order valence-corrected chi connectivity index (χ1v) is 6.12. The molecule has 0 aromatic carbocycles. The van der Waals surface area contributed by atoms with Crippen molar-refractivity contribution in [2.24, 2.45) is 0 Å². The predicted molar refractivity (Wildman–Crippen MR) is 64.9 cm³/mol. The minimum Gasteiger partial charge on any atom is -0.480 e. The molecule has 0 aromatic rings. The number of hydrogen-bond acceptors (Lipinski definition) is 3. The molecule has 1 aliphatic rings. The van der Waals surface area contributed by atoms with Crippen LogP contribution < -0.4 is 5.32 Å². The molecule has 0 aromatic heterocycles. The summed E-state index contributed by atoms with van der Waals surface area (Å²) in [5.74, 6) is -1.28. The van der Waals surface area contributed by atoms with Crippen LogP contribution in [0.25, 0.3) is 0 Å². The maximum Gasteiger partial charge on any atom is 0.329 e. The molecule has 0 heterocycles. The summed E-state index contributed by atoms with van der Waals surface area (Å²) in [6, 6.07) is 0. The highest BCUT2D eigenvalue weighted by atomic mass is 16.4. The molecule has 2 amide bonds. The molecule has 0 bridgehead atoms. The molecule has 2 N–H and O–H groups in total. The molecule has 0 radical (unpaired) electrons. The number of carbonyl (C=O) groups excluding carboxylic acids is 2. The van der Waals surface area contributed by atoms with Crippen LogP contribution in [0.2, 0.25) is 0 Å². The predicted octanol–water partition coefficient (Wildman–Crippen LogP) is 0.368. The Labute approximate surface area is 106 Å². The van der Waals surface area contributed by atoms with Crippen LogP contribution in [0.5, 0.6) is 0 Å². The summed E-state index contributed by atoms with van der Waals surface area (Å²) in [6.07, 6.45) is 2.74. The van der Waals surface area contributed by atoms with E-state index in [0.717, 1.165) is 6.42 Å². The van der Waals surface area contributed by atoms with Gasteiger partial charge in [0.25, 0.3) is 0 Å². The Morgan fingerprint density at radius 3 is 2.22 bits per heavy atom. The summed E-state index contributed by atoms with van der Waals surface area (Å²) >= 11 is 0. The van der Waals surface area contributed by atoms with Crippen molar-refractivity contribution in [1.29, 1.82) is 0 Å². The van der Waals surface area contributed by atoms with Crippen molar-refractivity contribution in [3.8, 4) is 0 Å². The van der Waals surface area contributed by atoms with Gasteiger partial charge in [-0.25, -0.2) is 4.79 Å². The summed E-state index contributed by atoms with van der Waals surface area (Å²) in [4.78, 5) is 35.4. The molecule has 0 unspecified atom stereocenters. The Morgan fingerprint density at radius 2 is 1.83 bits per heavy atom. The average molecular weight is 256 g/mol. The lowest BCUT2D eigenvalue weighted by atomic mass is 9.76. The van der Waals surface area contributed by atoms with E-state index in [2.05, 4.69) is 5.32 Å². The van der Waals surface area contributed by atoms with Crippen LogP contribution in [-0.4, -0.2) is 47.4 Å². The Balaban J connectivity index is 2.30. The first kappa shape index (κ1) is 14.5. The topological polar surface area (TPSA) is 86.7 Å². The SMILES string of the molecule is CN(C)C(=O)CCCC(=O)NC1(C(=O)O)CCC1. The zero-order valence-corrected chi connectivity index (χ0v) is 10.9. The Kier molecular flexibility index (Phi) is 4.69. The lowest BCUT2D eigenvalue weighted by Gasteiger charge is -2.38. The zero-order chi connectivity index (χ0) is 13.8. The normalized spacial score (nSPS) is 16.6. The van der Waals surface area contributed by atoms with Gasteiger partial charge in [0.2, 0.25) is 11.8 Å². The molecule has 18 heavy (non-hydrogen) atoms. The van der Waals surface area contributed by atoms with Gasteiger partial charge in [0.1, 0.15) is 5.54 Å². The molecule has 1 saturated carbocycles. The van der Waals surface area contributed by atoms with Crippen LogP contribution in [0.15, 0.2) is 0 Å². The van der Waals surface area contributed by atoms with E-state index in [0.29, 0.717) is 25.7 Å². The van der Waals surface area contributed by atoms with Gasteiger partial charge in [0, 0.05) is 26.9 Å². The van der Waals surface area contributed by atoms with Gasteiger partial charge in [-0.2, -0.15) is 0 Å². The van der Waals surface area contributed by atoms with Gasteiger partial charge < -0.3 is 15.3 Å². The fourth-order valence-corrected chi connectivity index (χ4v) is 1.88. The molecule has 0 saturated heterocycles. The third-order valence-corrected chi connectivity index (χ3v) is 3.29. The van der Waals surface area contributed by atoms with E-state index < -0.39 is 11.5 Å². The minimum absolute atomic E-state index is 0.0283. The van der Waals surface area contributed by atoms with Crippen LogP contribution in [-0.2, 0) is 14.4 Å². The molecule has 0 aliphatic heterocycles. The van der Waals surface area contributed by atoms with Crippen LogP contribution in [0, 0.1) is 0 Å². The van der Waals surface area contributed by atoms with Crippen LogP contribution in [0.1, 0.15) is 38.5 Å². The van der Waals surface area contributed by atoms with Gasteiger partial charge in [0.05, 0.1) is 0 Å². The van der Waals surface area contributed by atoms with E-state index in [1.165, 1.54) is 4.90 Å². The highest BCUT2D eigenvalue weighted by Gasteiger charge is 2.45. The number of carbonyl (C=O) groups is 3. The maximum absolute atomic E-state index is 11.6. The number of amides is 2. The minimum atomic E-state index is -1.05. The number of carboxylic acid groups (broad SMARTS) is 1. The lowest BCUT2D eigenvalue weighted by Crippen LogP contribution is -2.59. The van der Waals surface area contributed by atoms with Crippen molar-refractivity contribution in [3.63, 3.8) is 0 Å². The summed E-state index contributed by atoms with van der Waals surface area (Å²) < 4.78 is 0. The van der Waals surface area contributed by atoms with Gasteiger partial charge in [0.15, 0.2) is 0 Å². The first-order chi connectivity index (χ1) is 8.37. The lowest BCUT2D eigenvalue weighted by molar-refractivity contribution is -0.151. The van der Waals surface area contributed by atoms with E-state index in [4.69, 9.17) is 5.11 Å². The average Bonchev–Trinajstić information content (AvgIpc) is 2.22. The number of nitrogens with zero attached hydrogens (tertiary/aromatic N) is 1. The van der Waals surface area contributed by atoms with E-state index in [1.54, 1.807) is 14.1 Å². The third-order valence-electron chi connectivity index (χ3n) is 3.29. The number of hydrogen-bond donors (Lipinski definition) is 2. The first-order valence-electron chi connectivity index (χ1n) is 6.12. The zero-order valence-electron chi connectivity index (χ0n) is 10.9. The molecule has 0 atom stereocenters. The van der Waals surface area contributed by atoms with Crippen molar-refractivity contribution >= 4 is 17.8 Å². The molecular formula is C12H20N2O4. The highest BCUT2D eigenvalue weighted by molar-refractivity contribution is 5.88. The smallest absolute Gasteiger partial charge is 0.329 e. The Hall–Kier alpha value is -1.59. The fraction of sp³-hybridized carbons (Fsp3) is 0.750. The number of nitrogens with one attached hydrogen (secondary N) is 1. The Bertz CT molecular complexity index is 348. The van der Waals surface area contributed by atoms with Crippen molar-refractivity contribution in [1.82, 2.24) is 10.2 Å². The monoisotopic (exact) mass is 256 g/mol. The van der Waals surface area contributed by atoms with Crippen LogP contribution >= 0.6 is 0 Å². The summed E-state index contributed by atoms with van der Waals surface area (Å²) in [7, 11) is 3.33. The third kappa shape index (κ3) is 3.45. The van der Waals surface area contributed by atoms with Gasteiger partial charge in [-0.3, -0.25) is 9.59 Å². The van der Waals surface area contributed by atoms with Crippen molar-refractivity contribution in [2.45, 2.75) is 44.1 Å². The molecule has 1 fully saturated rings. The maximum atomic E-state index is 11.6. The van der Waals surface area contributed by atoms with Gasteiger partial charge in [-0.05, 0) is 25.7 Å². The molecule has 0 spiro atoms. The van der Waals surface area contributed by atoms with Crippen molar-refractivity contribution in [2.75, 3.05) is 14.1 Å². The molecule has 1 aliphatic carbocycles. The summed E-state index contributed by atoms with van der Waals surface area (Å²) in [5, 5.41) is 11.6. The number of carboxylic acids is 1. The second-order valence-corrected chi connectivity index (χ2v) is 4.93. The molecule has 1 rings (SSSR count). The molecule has 102 valence electrons. The van der Waals surface area contributed by atoms with E-state index in [9.17, 15) is 14.4 Å². The summed E-state index contributed by atoms with van der Waals surface area (Å²) in [5.41, 5.74) is -1.05. The van der Waals surface area contributed by atoms with Crippen LogP contribution in [0.3, 0.4) is 0 Å². The number of aliphatic carboxylic acids is 1. The number of rotatable bonds is 6. The van der Waals surface area contributed by atoms with Gasteiger partial charge in [-0.15, -0.1) is 0 Å². The van der Waals surface area contributed by atoms with Crippen LogP contribution in [0.4, 0.5) is 0 Å². The fourth-order valence-electron chi connectivity index (χ4n) is 1.88. The second kappa shape index (κ2) is 5.84. The molecular weight excluding hydrogens is 236 g/mol. The molecule has 6 heteroatoms. The van der Waals surface area contributed by atoms with E-state index in [1.807, 2.05) is 0 Å². The van der Waals surface area contributed by atoms with Gasteiger partial charge >= 0.3 is 5.97 Å². The van der Waals surface area contributed by atoms with E-state index >= 15 is 0 Å². The largest absolute Gasteiger partial charge is 0.480 e. The van der Waals surface area contributed by atoms with Crippen molar-refractivity contribution < 1.29 is 19.5 Å². The highest BCUT2D eigenvalue weighted by Crippen LogP contribution is 2.32. The van der Waals surface area contributed by atoms with E-state index in [-0.39, 0.29) is 18.2 Å². The Morgan fingerprint density at radius 1 is 1.22 bits per heavy atom.